The smallest absolute Gasteiger partial charge is 0.255 e. The van der Waals surface area contributed by atoms with Crippen molar-refractivity contribution in [3.05, 3.63) is 65.7 Å². The highest BCUT2D eigenvalue weighted by molar-refractivity contribution is 6.30. The van der Waals surface area contributed by atoms with Gasteiger partial charge in [-0.15, -0.1) is 6.58 Å². The molecule has 2 amide bonds. The molecule has 0 unspecified atom stereocenters. The molecule has 5 nitrogen and oxygen atoms in total. The van der Waals surface area contributed by atoms with E-state index >= 15 is 0 Å². The first-order chi connectivity index (χ1) is 12.8. The summed E-state index contributed by atoms with van der Waals surface area (Å²) < 4.78 is 5.84. The largest absolute Gasteiger partial charge is 0.490 e. The number of rotatable bonds is 4. The van der Waals surface area contributed by atoms with E-state index in [0.717, 1.165) is 0 Å². The summed E-state index contributed by atoms with van der Waals surface area (Å²) in [5, 5.41) is 3.41. The lowest BCUT2D eigenvalue weighted by Crippen LogP contribution is -2.42. The first-order valence-corrected chi connectivity index (χ1v) is 8.96. The molecule has 6 heteroatoms. The second-order valence-electron chi connectivity index (χ2n) is 7.02. The Kier molecular flexibility index (Phi) is 5.24. The van der Waals surface area contributed by atoms with Crippen LogP contribution in [0.3, 0.4) is 0 Å². The van der Waals surface area contributed by atoms with E-state index < -0.39 is 5.41 Å². The minimum atomic E-state index is -0.658. The van der Waals surface area contributed by atoms with Gasteiger partial charge in [0.1, 0.15) is 12.4 Å². The number of anilines is 2. The van der Waals surface area contributed by atoms with E-state index in [4.69, 9.17) is 16.3 Å². The molecule has 0 bridgehead atoms. The van der Waals surface area contributed by atoms with Crippen LogP contribution in [-0.4, -0.2) is 25.0 Å². The second-order valence-corrected chi connectivity index (χ2v) is 7.46. The van der Waals surface area contributed by atoms with Gasteiger partial charge in [-0.1, -0.05) is 17.7 Å². The lowest BCUT2D eigenvalue weighted by atomic mass is 9.93. The number of halogens is 1. The van der Waals surface area contributed by atoms with Crippen molar-refractivity contribution in [3.63, 3.8) is 0 Å². The van der Waals surface area contributed by atoms with E-state index in [9.17, 15) is 9.59 Å². The number of carbonyl (C=O) groups is 2. The summed E-state index contributed by atoms with van der Waals surface area (Å²) in [5.41, 5.74) is 1.01. The fraction of sp³-hybridized carbons (Fsp3) is 0.238. The highest BCUT2D eigenvalue weighted by Crippen LogP contribution is 2.38. The van der Waals surface area contributed by atoms with Crippen LogP contribution in [0, 0.1) is 5.41 Å². The summed E-state index contributed by atoms with van der Waals surface area (Å²) in [6.45, 7) is 8.07. The molecule has 3 rings (SSSR count). The van der Waals surface area contributed by atoms with Crippen molar-refractivity contribution < 1.29 is 14.3 Å². The molecule has 1 N–H and O–H groups in total. The first-order valence-electron chi connectivity index (χ1n) is 8.58. The topological polar surface area (TPSA) is 58.6 Å². The predicted molar refractivity (Wildman–Crippen MR) is 108 cm³/mol. The van der Waals surface area contributed by atoms with Crippen LogP contribution < -0.4 is 15.0 Å². The summed E-state index contributed by atoms with van der Waals surface area (Å²) in [5.74, 6) is 0.283. The lowest BCUT2D eigenvalue weighted by molar-refractivity contribution is -0.127. The van der Waals surface area contributed by atoms with Gasteiger partial charge >= 0.3 is 0 Å². The van der Waals surface area contributed by atoms with Crippen LogP contribution in [0.1, 0.15) is 24.2 Å². The van der Waals surface area contributed by atoms with Crippen molar-refractivity contribution in [2.45, 2.75) is 13.8 Å². The van der Waals surface area contributed by atoms with Crippen LogP contribution in [0.2, 0.25) is 5.02 Å². The molecule has 1 aliphatic rings. The summed E-state index contributed by atoms with van der Waals surface area (Å²) in [4.78, 5) is 27.0. The molecule has 140 valence electrons. The minimum Gasteiger partial charge on any atom is -0.490 e. The van der Waals surface area contributed by atoms with Gasteiger partial charge in [-0.25, -0.2) is 0 Å². The van der Waals surface area contributed by atoms with Crippen molar-refractivity contribution >= 4 is 34.8 Å². The Hall–Kier alpha value is -2.79. The quantitative estimate of drug-likeness (QED) is 0.788. The summed E-state index contributed by atoms with van der Waals surface area (Å²) in [7, 11) is 0. The molecule has 1 aliphatic heterocycles. The number of fused-ring (bicyclic) bond motifs is 1. The minimum absolute atomic E-state index is 0.0534. The molecule has 0 aromatic heterocycles. The average Bonchev–Trinajstić information content (AvgIpc) is 2.73. The molecule has 1 heterocycles. The van der Waals surface area contributed by atoms with Crippen molar-refractivity contribution in [2.24, 2.45) is 5.41 Å². The maximum Gasteiger partial charge on any atom is 0.255 e. The number of amides is 2. The van der Waals surface area contributed by atoms with Gasteiger partial charge in [0.2, 0.25) is 5.91 Å². The van der Waals surface area contributed by atoms with Gasteiger partial charge in [-0.05, 0) is 56.3 Å². The molecule has 0 spiro atoms. The number of carbonyl (C=O) groups excluding carboxylic acids is 2. The van der Waals surface area contributed by atoms with Crippen LogP contribution in [0.15, 0.2) is 55.1 Å². The maximum absolute atomic E-state index is 12.9. The molecule has 0 aliphatic carbocycles. The third kappa shape index (κ3) is 3.98. The molecule has 0 atom stereocenters. The molecule has 0 fully saturated rings. The first kappa shape index (κ1) is 19.0. The molecule has 27 heavy (non-hydrogen) atoms. The number of ether oxygens (including phenoxy) is 1. The highest BCUT2D eigenvalue weighted by Gasteiger charge is 2.37. The zero-order chi connectivity index (χ0) is 19.6. The van der Waals surface area contributed by atoms with Gasteiger partial charge in [0.15, 0.2) is 0 Å². The number of nitrogens with one attached hydrogen (secondary N) is 1. The van der Waals surface area contributed by atoms with Crippen molar-refractivity contribution in [1.82, 2.24) is 0 Å². The van der Waals surface area contributed by atoms with E-state index in [2.05, 4.69) is 11.9 Å². The van der Waals surface area contributed by atoms with E-state index in [-0.39, 0.29) is 18.4 Å². The highest BCUT2D eigenvalue weighted by atomic mass is 35.5. The van der Waals surface area contributed by atoms with Crippen LogP contribution >= 0.6 is 11.6 Å². The molecule has 2 aromatic carbocycles. The SMILES string of the molecule is C=CCN1C(=O)C(C)(C)COc2ccc(NC(=O)c3ccc(Cl)cc3)cc21. The second kappa shape index (κ2) is 7.45. The zero-order valence-electron chi connectivity index (χ0n) is 15.3. The number of benzene rings is 2. The number of hydrogen-bond acceptors (Lipinski definition) is 3. The number of hydrogen-bond donors (Lipinski definition) is 1. The van der Waals surface area contributed by atoms with Crippen LogP contribution in [0.5, 0.6) is 5.75 Å². The molecule has 0 radical (unpaired) electrons. The van der Waals surface area contributed by atoms with Crippen LogP contribution in [-0.2, 0) is 4.79 Å². The van der Waals surface area contributed by atoms with E-state index in [0.29, 0.717) is 34.3 Å². The Balaban J connectivity index is 1.92. The Bertz CT molecular complexity index is 891. The third-order valence-corrected chi connectivity index (χ3v) is 4.59. The van der Waals surface area contributed by atoms with Gasteiger partial charge < -0.3 is 15.0 Å². The fourth-order valence-electron chi connectivity index (χ4n) is 2.84. The van der Waals surface area contributed by atoms with Crippen LogP contribution in [0.4, 0.5) is 11.4 Å². The Morgan fingerprint density at radius 3 is 2.67 bits per heavy atom. The Morgan fingerprint density at radius 1 is 1.30 bits per heavy atom. The van der Waals surface area contributed by atoms with E-state index in [1.54, 1.807) is 53.4 Å². The average molecular weight is 385 g/mol. The lowest BCUT2D eigenvalue weighted by Gasteiger charge is -2.27. The zero-order valence-corrected chi connectivity index (χ0v) is 16.0. The summed E-state index contributed by atoms with van der Waals surface area (Å²) >= 11 is 5.86. The van der Waals surface area contributed by atoms with Gasteiger partial charge in [-0.3, -0.25) is 9.59 Å². The van der Waals surface area contributed by atoms with Crippen molar-refractivity contribution in [1.29, 1.82) is 0 Å². The summed E-state index contributed by atoms with van der Waals surface area (Å²) in [6, 6.07) is 11.9. The van der Waals surface area contributed by atoms with Crippen molar-refractivity contribution in [3.8, 4) is 5.75 Å². The predicted octanol–water partition coefficient (Wildman–Crippen LogP) is 4.53. The Labute approximate surface area is 163 Å². The van der Waals surface area contributed by atoms with Gasteiger partial charge in [0.25, 0.3) is 5.91 Å². The Morgan fingerprint density at radius 2 is 2.00 bits per heavy atom. The normalized spacial score (nSPS) is 15.4. The van der Waals surface area contributed by atoms with Gasteiger partial charge in [-0.2, -0.15) is 0 Å². The maximum atomic E-state index is 12.9. The molecule has 0 saturated carbocycles. The molecule has 0 saturated heterocycles. The number of nitrogens with zero attached hydrogens (tertiary/aromatic N) is 1. The van der Waals surface area contributed by atoms with Gasteiger partial charge in [0, 0.05) is 22.8 Å². The van der Waals surface area contributed by atoms with E-state index in [1.807, 2.05) is 13.8 Å². The van der Waals surface area contributed by atoms with E-state index in [1.165, 1.54) is 0 Å². The molecular weight excluding hydrogens is 364 g/mol. The fourth-order valence-corrected chi connectivity index (χ4v) is 2.96. The third-order valence-electron chi connectivity index (χ3n) is 4.34. The summed E-state index contributed by atoms with van der Waals surface area (Å²) in [6.07, 6.45) is 1.67. The molecule has 2 aromatic rings. The van der Waals surface area contributed by atoms with Crippen LogP contribution in [0.25, 0.3) is 0 Å². The molecular formula is C21H21ClN2O3. The monoisotopic (exact) mass is 384 g/mol. The van der Waals surface area contributed by atoms with Crippen molar-refractivity contribution in [2.75, 3.05) is 23.4 Å². The van der Waals surface area contributed by atoms with Gasteiger partial charge in [0.05, 0.1) is 11.1 Å². The standard InChI is InChI=1S/C21H21ClN2O3/c1-4-11-24-17-12-16(23-19(25)14-5-7-15(22)8-6-14)9-10-18(17)27-13-21(2,3)20(24)26/h4-10,12H,1,11,13H2,2-3H3,(H,23,25).